The van der Waals surface area contributed by atoms with Gasteiger partial charge in [0.1, 0.15) is 17.1 Å². The van der Waals surface area contributed by atoms with Gasteiger partial charge in [0.2, 0.25) is 0 Å². The molecular weight excluding hydrogens is 212 g/mol. The molecule has 0 unspecified atom stereocenters. The maximum absolute atomic E-state index is 11.6. The predicted octanol–water partition coefficient (Wildman–Crippen LogP) is 1.81. The number of ether oxygens (including phenoxy) is 2. The molecule has 0 amide bonds. The first-order valence-corrected chi connectivity index (χ1v) is 4.78. The van der Waals surface area contributed by atoms with Gasteiger partial charge < -0.3 is 9.47 Å². The lowest BCUT2D eigenvalue weighted by Crippen LogP contribution is -2.08. The van der Waals surface area contributed by atoms with E-state index in [0.29, 0.717) is 11.5 Å². The van der Waals surface area contributed by atoms with E-state index in [2.05, 4.69) is 9.78 Å². The van der Waals surface area contributed by atoms with E-state index < -0.39 is 5.97 Å². The van der Waals surface area contributed by atoms with Gasteiger partial charge in [0.25, 0.3) is 0 Å². The summed E-state index contributed by atoms with van der Waals surface area (Å²) in [6.45, 7) is 2.01. The highest BCUT2D eigenvalue weighted by molar-refractivity contribution is 5.92. The number of carbonyl (C=O) groups is 1. The summed E-state index contributed by atoms with van der Waals surface area (Å²) in [6.07, 6.45) is 0. The van der Waals surface area contributed by atoms with Gasteiger partial charge in [0.15, 0.2) is 0 Å². The van der Waals surface area contributed by atoms with E-state index in [0.717, 1.165) is 0 Å². The zero-order valence-electron chi connectivity index (χ0n) is 9.48. The van der Waals surface area contributed by atoms with E-state index in [1.807, 2.05) is 0 Å². The Morgan fingerprint density at radius 1 is 1.25 bits per heavy atom. The zero-order valence-corrected chi connectivity index (χ0v) is 9.48. The molecule has 0 aliphatic carbocycles. The third-order valence-electron chi connectivity index (χ3n) is 1.88. The third-order valence-corrected chi connectivity index (χ3v) is 1.88. The molecule has 0 heterocycles. The van der Waals surface area contributed by atoms with Gasteiger partial charge in [0.05, 0.1) is 20.8 Å². The van der Waals surface area contributed by atoms with Gasteiger partial charge in [-0.15, -0.1) is 0 Å². The molecule has 0 saturated carbocycles. The van der Waals surface area contributed by atoms with Gasteiger partial charge in [0, 0.05) is 0 Å². The molecule has 0 aliphatic heterocycles. The van der Waals surface area contributed by atoms with Crippen LogP contribution in [-0.2, 0) is 9.78 Å². The third kappa shape index (κ3) is 2.87. The summed E-state index contributed by atoms with van der Waals surface area (Å²) in [6, 6.07) is 4.85. The average Bonchev–Trinajstić information content (AvgIpc) is 2.35. The van der Waals surface area contributed by atoms with Crippen LogP contribution in [0.3, 0.4) is 0 Å². The van der Waals surface area contributed by atoms with Crippen molar-refractivity contribution in [1.29, 1.82) is 0 Å². The fraction of sp³-hybridized carbons (Fsp3) is 0.364. The Labute approximate surface area is 93.8 Å². The maximum atomic E-state index is 11.6. The zero-order chi connectivity index (χ0) is 12.0. The molecule has 88 valence electrons. The van der Waals surface area contributed by atoms with Gasteiger partial charge in [-0.25, -0.2) is 4.79 Å². The van der Waals surface area contributed by atoms with Gasteiger partial charge >= 0.3 is 5.97 Å². The summed E-state index contributed by atoms with van der Waals surface area (Å²) >= 11 is 0. The van der Waals surface area contributed by atoms with Gasteiger partial charge in [-0.05, 0) is 25.1 Å². The SMILES string of the molecule is CCOOC(=O)c1cc(OC)ccc1OC. The van der Waals surface area contributed by atoms with Crippen LogP contribution in [-0.4, -0.2) is 26.8 Å². The number of rotatable bonds is 5. The summed E-state index contributed by atoms with van der Waals surface area (Å²) in [5.41, 5.74) is 0.260. The molecule has 0 bridgehead atoms. The molecule has 1 rings (SSSR count). The van der Waals surface area contributed by atoms with Crippen molar-refractivity contribution < 1.29 is 24.0 Å². The Morgan fingerprint density at radius 3 is 2.56 bits per heavy atom. The number of methoxy groups -OCH3 is 2. The van der Waals surface area contributed by atoms with Crippen molar-refractivity contribution in [2.45, 2.75) is 6.92 Å². The quantitative estimate of drug-likeness (QED) is 0.566. The fourth-order valence-corrected chi connectivity index (χ4v) is 1.13. The van der Waals surface area contributed by atoms with Crippen LogP contribution in [0, 0.1) is 0 Å². The summed E-state index contributed by atoms with van der Waals surface area (Å²) in [5, 5.41) is 0. The first-order chi connectivity index (χ1) is 7.72. The van der Waals surface area contributed by atoms with Crippen molar-refractivity contribution >= 4 is 5.97 Å². The van der Waals surface area contributed by atoms with Crippen molar-refractivity contribution in [2.75, 3.05) is 20.8 Å². The number of hydrogen-bond acceptors (Lipinski definition) is 5. The highest BCUT2D eigenvalue weighted by atomic mass is 17.2. The van der Waals surface area contributed by atoms with Crippen LogP contribution >= 0.6 is 0 Å². The van der Waals surface area contributed by atoms with Gasteiger partial charge in [-0.2, -0.15) is 4.89 Å². The van der Waals surface area contributed by atoms with Crippen LogP contribution in [0.2, 0.25) is 0 Å². The van der Waals surface area contributed by atoms with Gasteiger partial charge in [-0.1, -0.05) is 0 Å². The lowest BCUT2D eigenvalue weighted by molar-refractivity contribution is -0.237. The van der Waals surface area contributed by atoms with Crippen LogP contribution < -0.4 is 9.47 Å². The van der Waals surface area contributed by atoms with Crippen molar-refractivity contribution in [3.05, 3.63) is 23.8 Å². The molecule has 0 fully saturated rings. The monoisotopic (exact) mass is 226 g/mol. The fourth-order valence-electron chi connectivity index (χ4n) is 1.13. The van der Waals surface area contributed by atoms with E-state index in [-0.39, 0.29) is 12.2 Å². The van der Waals surface area contributed by atoms with Crippen LogP contribution in [0.4, 0.5) is 0 Å². The van der Waals surface area contributed by atoms with Crippen LogP contribution in [0.1, 0.15) is 17.3 Å². The van der Waals surface area contributed by atoms with Crippen molar-refractivity contribution in [1.82, 2.24) is 0 Å². The van der Waals surface area contributed by atoms with E-state index in [9.17, 15) is 4.79 Å². The Balaban J connectivity index is 2.94. The predicted molar refractivity (Wildman–Crippen MR) is 56.6 cm³/mol. The molecule has 0 radical (unpaired) electrons. The van der Waals surface area contributed by atoms with E-state index in [1.54, 1.807) is 19.1 Å². The minimum Gasteiger partial charge on any atom is -0.497 e. The normalized spacial score (nSPS) is 9.69. The molecule has 1 aromatic rings. The minimum atomic E-state index is -0.613. The molecule has 0 atom stereocenters. The van der Waals surface area contributed by atoms with Crippen LogP contribution in [0.25, 0.3) is 0 Å². The molecular formula is C11H14O5. The Hall–Kier alpha value is -1.75. The topological polar surface area (TPSA) is 54.0 Å². The van der Waals surface area contributed by atoms with E-state index >= 15 is 0 Å². The molecule has 0 aliphatic rings. The lowest BCUT2D eigenvalue weighted by atomic mass is 10.2. The molecule has 0 aromatic heterocycles. The highest BCUT2D eigenvalue weighted by Crippen LogP contribution is 2.24. The number of benzene rings is 1. The van der Waals surface area contributed by atoms with E-state index in [1.165, 1.54) is 20.3 Å². The molecule has 1 aromatic carbocycles. The van der Waals surface area contributed by atoms with Crippen molar-refractivity contribution in [3.8, 4) is 11.5 Å². The Kier molecular flexibility index (Phi) is 4.60. The smallest absolute Gasteiger partial charge is 0.376 e. The Morgan fingerprint density at radius 2 is 2.00 bits per heavy atom. The lowest BCUT2D eigenvalue weighted by Gasteiger charge is -2.08. The molecule has 5 heteroatoms. The van der Waals surface area contributed by atoms with Crippen molar-refractivity contribution in [3.63, 3.8) is 0 Å². The maximum Gasteiger partial charge on any atom is 0.376 e. The Bertz CT molecular complexity index is 361. The van der Waals surface area contributed by atoms with Crippen LogP contribution in [0.15, 0.2) is 18.2 Å². The number of carbonyl (C=O) groups excluding carboxylic acids is 1. The average molecular weight is 226 g/mol. The first-order valence-electron chi connectivity index (χ1n) is 4.78. The summed E-state index contributed by atoms with van der Waals surface area (Å²) < 4.78 is 10.0. The second-order valence-electron chi connectivity index (χ2n) is 2.84. The standard InChI is InChI=1S/C11H14O5/c1-4-15-16-11(12)9-7-8(13-2)5-6-10(9)14-3/h5-7H,4H2,1-3H3. The molecule has 0 saturated heterocycles. The molecule has 16 heavy (non-hydrogen) atoms. The first kappa shape index (κ1) is 12.3. The largest absolute Gasteiger partial charge is 0.497 e. The minimum absolute atomic E-state index is 0.260. The highest BCUT2D eigenvalue weighted by Gasteiger charge is 2.15. The van der Waals surface area contributed by atoms with Crippen molar-refractivity contribution in [2.24, 2.45) is 0 Å². The van der Waals surface area contributed by atoms with Gasteiger partial charge in [-0.3, -0.25) is 4.89 Å². The second-order valence-corrected chi connectivity index (χ2v) is 2.84. The number of hydrogen-bond donors (Lipinski definition) is 0. The second kappa shape index (κ2) is 5.97. The van der Waals surface area contributed by atoms with E-state index in [4.69, 9.17) is 9.47 Å². The van der Waals surface area contributed by atoms with Crippen LogP contribution in [0.5, 0.6) is 11.5 Å². The summed E-state index contributed by atoms with van der Waals surface area (Å²) in [5.74, 6) is 0.340. The molecule has 0 spiro atoms. The molecule has 5 nitrogen and oxygen atoms in total. The summed E-state index contributed by atoms with van der Waals surface area (Å²) in [4.78, 5) is 20.7. The molecule has 0 N–H and O–H groups in total. The summed E-state index contributed by atoms with van der Waals surface area (Å²) in [7, 11) is 2.98.